The molecule has 0 saturated heterocycles. The molecule has 0 aliphatic carbocycles. The number of aliphatic hydroxyl groups excluding tert-OH is 1. The number of likely N-dealkylation sites (N-methyl/N-ethyl adjacent to an activating group) is 1. The van der Waals surface area contributed by atoms with Gasteiger partial charge < -0.3 is 24.8 Å². The van der Waals surface area contributed by atoms with Crippen LogP contribution in [0.4, 0.5) is 10.1 Å². The average molecular weight is 670 g/mol. The van der Waals surface area contributed by atoms with E-state index in [1.807, 2.05) is 19.9 Å². The highest BCUT2D eigenvalue weighted by Crippen LogP contribution is 2.29. The van der Waals surface area contributed by atoms with Crippen molar-refractivity contribution >= 4 is 27.5 Å². The van der Waals surface area contributed by atoms with Crippen LogP contribution in [0.15, 0.2) is 77.7 Å². The Morgan fingerprint density at radius 1 is 1.09 bits per heavy atom. The van der Waals surface area contributed by atoms with Gasteiger partial charge in [-0.1, -0.05) is 25.1 Å². The summed E-state index contributed by atoms with van der Waals surface area (Å²) in [4.78, 5) is 28.7. The van der Waals surface area contributed by atoms with Crippen LogP contribution in [-0.2, 0) is 14.8 Å². The molecule has 0 saturated carbocycles. The Kier molecular flexibility index (Phi) is 12.5. The van der Waals surface area contributed by atoms with E-state index in [4.69, 9.17) is 9.47 Å². The molecule has 0 unspecified atom stereocenters. The van der Waals surface area contributed by atoms with E-state index >= 15 is 0 Å². The molecule has 3 aromatic carbocycles. The lowest BCUT2D eigenvalue weighted by Crippen LogP contribution is -2.48. The van der Waals surface area contributed by atoms with Gasteiger partial charge in [-0.15, -0.1) is 0 Å². The standard InChI is InChI=1S/C35H44FN3O7S/c1-24-21-39(25(2)23-40)35(42)31-20-29(37-34(41)27-11-6-5-7-12-27)15-18-32(31)46-26(3)10-8-9-19-45-33(24)22-38(4)47(43,44)30-16-13-28(36)14-17-30/h5-7,11-18,20,24-26,33,40H,8-10,19,21-23H2,1-4H3,(H,37,41)/t24-,25+,26-,33+/m1/s1. The van der Waals surface area contributed by atoms with Gasteiger partial charge in [0.1, 0.15) is 11.6 Å². The van der Waals surface area contributed by atoms with Crippen LogP contribution in [0.25, 0.3) is 0 Å². The molecule has 1 aliphatic heterocycles. The summed E-state index contributed by atoms with van der Waals surface area (Å²) >= 11 is 0. The van der Waals surface area contributed by atoms with Gasteiger partial charge in [0.25, 0.3) is 11.8 Å². The van der Waals surface area contributed by atoms with E-state index in [1.165, 1.54) is 28.4 Å². The Labute approximate surface area is 276 Å². The normalized spacial score (nSPS) is 20.5. The lowest BCUT2D eigenvalue weighted by molar-refractivity contribution is -0.00834. The predicted molar refractivity (Wildman–Crippen MR) is 177 cm³/mol. The quantitative estimate of drug-likeness (QED) is 0.338. The third-order valence-electron chi connectivity index (χ3n) is 8.30. The summed E-state index contributed by atoms with van der Waals surface area (Å²) in [6, 6.07) is 17.7. The van der Waals surface area contributed by atoms with E-state index in [0.717, 1.165) is 18.6 Å². The SMILES string of the molecule is C[C@@H]1CCCCO[C@@H](CN(C)S(=O)(=O)c2ccc(F)cc2)[C@H](C)CN([C@@H](C)CO)C(=O)c2cc(NC(=O)c3ccccc3)ccc2O1. The Morgan fingerprint density at radius 2 is 1.79 bits per heavy atom. The van der Waals surface area contributed by atoms with Gasteiger partial charge >= 0.3 is 0 Å². The number of rotatable bonds is 8. The summed E-state index contributed by atoms with van der Waals surface area (Å²) in [6.07, 6.45) is 1.31. The largest absolute Gasteiger partial charge is 0.490 e. The Balaban J connectivity index is 1.65. The molecule has 3 aromatic rings. The lowest BCUT2D eigenvalue weighted by atomic mass is 10.0. The maximum Gasteiger partial charge on any atom is 0.258 e. The van der Waals surface area contributed by atoms with Crippen LogP contribution in [0, 0.1) is 11.7 Å². The zero-order valence-corrected chi connectivity index (χ0v) is 28.1. The van der Waals surface area contributed by atoms with Gasteiger partial charge in [-0.25, -0.2) is 12.8 Å². The molecule has 4 rings (SSSR count). The molecule has 0 radical (unpaired) electrons. The smallest absolute Gasteiger partial charge is 0.258 e. The summed E-state index contributed by atoms with van der Waals surface area (Å²) in [5, 5.41) is 13.0. The summed E-state index contributed by atoms with van der Waals surface area (Å²) in [7, 11) is -2.51. The topological polar surface area (TPSA) is 125 Å². The number of fused-ring (bicyclic) bond motifs is 1. The molecular weight excluding hydrogens is 625 g/mol. The second-order valence-corrected chi connectivity index (χ2v) is 14.1. The van der Waals surface area contributed by atoms with Crippen molar-refractivity contribution in [2.75, 3.05) is 38.7 Å². The van der Waals surface area contributed by atoms with E-state index in [9.17, 15) is 27.5 Å². The van der Waals surface area contributed by atoms with E-state index in [-0.39, 0.29) is 48.1 Å². The van der Waals surface area contributed by atoms with Crippen LogP contribution >= 0.6 is 0 Å². The number of anilines is 1. The zero-order chi connectivity index (χ0) is 34.1. The predicted octanol–water partition coefficient (Wildman–Crippen LogP) is 5.19. The molecular formula is C35H44FN3O7S. The number of hydrogen-bond acceptors (Lipinski definition) is 7. The molecule has 0 spiro atoms. The Hall–Kier alpha value is -3.84. The first-order valence-electron chi connectivity index (χ1n) is 15.8. The molecule has 47 heavy (non-hydrogen) atoms. The molecule has 12 heteroatoms. The van der Waals surface area contributed by atoms with Gasteiger partial charge in [-0.05, 0) is 87.7 Å². The fourth-order valence-electron chi connectivity index (χ4n) is 5.39. The van der Waals surface area contributed by atoms with Crippen LogP contribution < -0.4 is 10.1 Å². The van der Waals surface area contributed by atoms with Crippen LogP contribution in [0.5, 0.6) is 5.75 Å². The molecule has 1 heterocycles. The van der Waals surface area contributed by atoms with Gasteiger partial charge in [-0.3, -0.25) is 9.59 Å². The fraction of sp³-hybridized carbons (Fsp3) is 0.429. The molecule has 0 aromatic heterocycles. The molecule has 1 aliphatic rings. The van der Waals surface area contributed by atoms with E-state index < -0.39 is 33.9 Å². The van der Waals surface area contributed by atoms with Crippen molar-refractivity contribution < 1.29 is 37.0 Å². The highest BCUT2D eigenvalue weighted by molar-refractivity contribution is 7.89. The van der Waals surface area contributed by atoms with Crippen LogP contribution in [0.1, 0.15) is 60.7 Å². The third-order valence-corrected chi connectivity index (χ3v) is 10.1. The molecule has 10 nitrogen and oxygen atoms in total. The van der Waals surface area contributed by atoms with Crippen molar-refractivity contribution in [2.24, 2.45) is 5.92 Å². The number of carbonyl (C=O) groups is 2. The van der Waals surface area contributed by atoms with Gasteiger partial charge in [0.15, 0.2) is 0 Å². The van der Waals surface area contributed by atoms with E-state index in [0.29, 0.717) is 36.4 Å². The number of sulfonamides is 1. The third kappa shape index (κ3) is 9.38. The number of ether oxygens (including phenoxy) is 2. The summed E-state index contributed by atoms with van der Waals surface area (Å²) in [6.45, 7) is 5.68. The number of benzene rings is 3. The van der Waals surface area contributed by atoms with Crippen LogP contribution in [0.2, 0.25) is 0 Å². The Morgan fingerprint density at radius 3 is 2.47 bits per heavy atom. The maximum atomic E-state index is 14.3. The number of nitrogens with zero attached hydrogens (tertiary/aromatic N) is 2. The number of amides is 2. The minimum Gasteiger partial charge on any atom is -0.490 e. The van der Waals surface area contributed by atoms with E-state index in [2.05, 4.69) is 5.32 Å². The summed E-state index contributed by atoms with van der Waals surface area (Å²) in [5.74, 6) is -1.30. The minimum absolute atomic E-state index is 0.0117. The molecule has 0 bridgehead atoms. The van der Waals surface area contributed by atoms with Crippen molar-refractivity contribution in [3.8, 4) is 5.75 Å². The summed E-state index contributed by atoms with van der Waals surface area (Å²) in [5.41, 5.74) is 1.09. The van der Waals surface area contributed by atoms with Gasteiger partial charge in [0.2, 0.25) is 10.0 Å². The second-order valence-electron chi connectivity index (χ2n) is 12.1. The molecule has 2 N–H and O–H groups in total. The first-order valence-corrected chi connectivity index (χ1v) is 17.3. The maximum absolute atomic E-state index is 14.3. The first kappa shape index (κ1) is 36.0. The second kappa shape index (κ2) is 16.3. The van der Waals surface area contributed by atoms with E-state index in [1.54, 1.807) is 49.4 Å². The first-order chi connectivity index (χ1) is 22.4. The van der Waals surface area contributed by atoms with Crippen LogP contribution in [0.3, 0.4) is 0 Å². The van der Waals surface area contributed by atoms with Crippen molar-refractivity contribution in [1.29, 1.82) is 0 Å². The minimum atomic E-state index is -3.95. The number of hydrogen-bond donors (Lipinski definition) is 2. The van der Waals surface area contributed by atoms with Crippen molar-refractivity contribution in [2.45, 2.75) is 63.2 Å². The van der Waals surface area contributed by atoms with Crippen molar-refractivity contribution in [1.82, 2.24) is 9.21 Å². The van der Waals surface area contributed by atoms with Crippen molar-refractivity contribution in [3.05, 3.63) is 89.7 Å². The lowest BCUT2D eigenvalue weighted by Gasteiger charge is -2.35. The fourth-order valence-corrected chi connectivity index (χ4v) is 6.58. The van der Waals surface area contributed by atoms with Crippen LogP contribution in [-0.4, -0.2) is 86.1 Å². The summed E-state index contributed by atoms with van der Waals surface area (Å²) < 4.78 is 53.9. The van der Waals surface area contributed by atoms with Crippen molar-refractivity contribution in [3.63, 3.8) is 0 Å². The zero-order valence-electron chi connectivity index (χ0n) is 27.3. The molecule has 4 atom stereocenters. The highest BCUT2D eigenvalue weighted by atomic mass is 32.2. The molecule has 254 valence electrons. The van der Waals surface area contributed by atoms with Gasteiger partial charge in [0.05, 0.1) is 35.3 Å². The number of halogens is 1. The number of nitrogens with one attached hydrogen (secondary N) is 1. The van der Waals surface area contributed by atoms with Gasteiger partial charge in [-0.2, -0.15) is 4.31 Å². The number of carbonyl (C=O) groups excluding carboxylic acids is 2. The molecule has 2 amide bonds. The number of aliphatic hydroxyl groups is 1. The monoisotopic (exact) mass is 669 g/mol. The molecule has 0 fully saturated rings. The Bertz CT molecular complexity index is 1610. The van der Waals surface area contributed by atoms with Gasteiger partial charge in [0, 0.05) is 43.9 Å². The average Bonchev–Trinajstić information content (AvgIpc) is 3.06. The highest BCUT2D eigenvalue weighted by Gasteiger charge is 2.32.